The van der Waals surface area contributed by atoms with Crippen LogP contribution in [0.5, 0.6) is 0 Å². The second-order valence-electron chi connectivity index (χ2n) is 6.66. The average molecular weight is 350 g/mol. The lowest BCUT2D eigenvalue weighted by atomic mass is 9.96. The molecule has 2 aromatic rings. The van der Waals surface area contributed by atoms with Gasteiger partial charge in [0.2, 0.25) is 5.91 Å². The number of carbonyl (C=O) groups is 1. The standard InChI is InChI=1S/C19H22N6O/c1-12-6-4-8-21-17(12)22-19(26)15-7-5-9-25(11-15)18-16(10-20)13(2)14(3)23-24-18/h4,6,8,15H,5,7,9,11H2,1-3H3,(H,21,22,26)/t15-/m0/s1. The Balaban J connectivity index is 1.78. The molecule has 0 saturated carbocycles. The van der Waals surface area contributed by atoms with Crippen LogP contribution < -0.4 is 10.2 Å². The molecule has 1 N–H and O–H groups in total. The first-order valence-electron chi connectivity index (χ1n) is 8.72. The predicted molar refractivity (Wildman–Crippen MR) is 98.8 cm³/mol. The Bertz CT molecular complexity index is 873. The summed E-state index contributed by atoms with van der Waals surface area (Å²) in [7, 11) is 0. The van der Waals surface area contributed by atoms with Crippen molar-refractivity contribution < 1.29 is 4.79 Å². The highest BCUT2D eigenvalue weighted by Crippen LogP contribution is 2.27. The zero-order chi connectivity index (χ0) is 18.7. The Labute approximate surface area is 153 Å². The molecule has 1 fully saturated rings. The van der Waals surface area contributed by atoms with E-state index in [4.69, 9.17) is 0 Å². The smallest absolute Gasteiger partial charge is 0.230 e. The van der Waals surface area contributed by atoms with Gasteiger partial charge >= 0.3 is 0 Å². The van der Waals surface area contributed by atoms with Crippen LogP contribution in [-0.2, 0) is 4.79 Å². The maximum atomic E-state index is 12.7. The molecule has 26 heavy (non-hydrogen) atoms. The number of anilines is 2. The molecule has 0 aromatic carbocycles. The highest BCUT2D eigenvalue weighted by Gasteiger charge is 2.29. The molecule has 1 saturated heterocycles. The first-order chi connectivity index (χ1) is 12.5. The van der Waals surface area contributed by atoms with E-state index in [0.717, 1.165) is 36.2 Å². The van der Waals surface area contributed by atoms with Gasteiger partial charge in [0, 0.05) is 19.3 Å². The van der Waals surface area contributed by atoms with Crippen LogP contribution in [-0.4, -0.2) is 34.2 Å². The summed E-state index contributed by atoms with van der Waals surface area (Å²) in [5, 5.41) is 20.8. The van der Waals surface area contributed by atoms with E-state index in [-0.39, 0.29) is 11.8 Å². The molecule has 0 aliphatic carbocycles. The Hall–Kier alpha value is -3.01. The van der Waals surface area contributed by atoms with E-state index in [1.54, 1.807) is 6.20 Å². The van der Waals surface area contributed by atoms with Crippen molar-refractivity contribution in [3.05, 3.63) is 40.7 Å². The number of nitrogens with zero attached hydrogens (tertiary/aromatic N) is 5. The number of aryl methyl sites for hydroxylation is 2. The van der Waals surface area contributed by atoms with Crippen molar-refractivity contribution in [1.82, 2.24) is 15.2 Å². The lowest BCUT2D eigenvalue weighted by Gasteiger charge is -2.33. The van der Waals surface area contributed by atoms with Crippen molar-refractivity contribution in [1.29, 1.82) is 5.26 Å². The first kappa shape index (κ1) is 17.8. The van der Waals surface area contributed by atoms with Crippen molar-refractivity contribution in [2.24, 2.45) is 5.92 Å². The second kappa shape index (κ2) is 7.48. The van der Waals surface area contributed by atoms with Crippen LogP contribution in [0.25, 0.3) is 0 Å². The normalized spacial score (nSPS) is 16.8. The van der Waals surface area contributed by atoms with E-state index in [1.165, 1.54) is 0 Å². The molecule has 0 unspecified atom stereocenters. The molecule has 7 nitrogen and oxygen atoms in total. The number of hydrogen-bond acceptors (Lipinski definition) is 6. The van der Waals surface area contributed by atoms with Crippen LogP contribution in [0.2, 0.25) is 0 Å². The van der Waals surface area contributed by atoms with Crippen molar-refractivity contribution in [3.63, 3.8) is 0 Å². The SMILES string of the molecule is Cc1cccnc1NC(=O)[C@H]1CCCN(c2nnc(C)c(C)c2C#N)C1. The molecular weight excluding hydrogens is 328 g/mol. The van der Waals surface area contributed by atoms with Gasteiger partial charge in [0.25, 0.3) is 0 Å². The molecule has 3 rings (SSSR count). The lowest BCUT2D eigenvalue weighted by Crippen LogP contribution is -2.41. The van der Waals surface area contributed by atoms with Crippen LogP contribution in [0.15, 0.2) is 18.3 Å². The van der Waals surface area contributed by atoms with Gasteiger partial charge in [-0.3, -0.25) is 4.79 Å². The van der Waals surface area contributed by atoms with E-state index in [9.17, 15) is 10.1 Å². The summed E-state index contributed by atoms with van der Waals surface area (Å²) in [5.41, 5.74) is 3.06. The van der Waals surface area contributed by atoms with Gasteiger partial charge in [0.1, 0.15) is 17.5 Å². The monoisotopic (exact) mass is 350 g/mol. The molecule has 0 spiro atoms. The second-order valence-corrected chi connectivity index (χ2v) is 6.66. The van der Waals surface area contributed by atoms with Gasteiger partial charge in [-0.1, -0.05) is 6.07 Å². The van der Waals surface area contributed by atoms with Crippen LogP contribution in [0.1, 0.15) is 35.2 Å². The van der Waals surface area contributed by atoms with Gasteiger partial charge < -0.3 is 10.2 Å². The van der Waals surface area contributed by atoms with Crippen LogP contribution >= 0.6 is 0 Å². The minimum Gasteiger partial charge on any atom is -0.353 e. The summed E-state index contributed by atoms with van der Waals surface area (Å²) in [5.74, 6) is 0.937. The van der Waals surface area contributed by atoms with Gasteiger partial charge in [-0.25, -0.2) is 4.98 Å². The number of rotatable bonds is 3. The molecule has 134 valence electrons. The number of amides is 1. The van der Waals surface area contributed by atoms with Gasteiger partial charge in [0.15, 0.2) is 5.82 Å². The van der Waals surface area contributed by atoms with Crippen molar-refractivity contribution >= 4 is 17.5 Å². The first-order valence-corrected chi connectivity index (χ1v) is 8.72. The maximum absolute atomic E-state index is 12.7. The van der Waals surface area contributed by atoms with E-state index in [0.29, 0.717) is 23.7 Å². The topological polar surface area (TPSA) is 94.8 Å². The minimum atomic E-state index is -0.180. The van der Waals surface area contributed by atoms with Gasteiger partial charge in [0.05, 0.1) is 11.6 Å². The highest BCUT2D eigenvalue weighted by molar-refractivity contribution is 5.92. The van der Waals surface area contributed by atoms with Crippen LogP contribution in [0.4, 0.5) is 11.6 Å². The minimum absolute atomic E-state index is 0.0493. The third-order valence-electron chi connectivity index (χ3n) is 4.89. The summed E-state index contributed by atoms with van der Waals surface area (Å²) in [6.45, 7) is 6.92. The van der Waals surface area contributed by atoms with Crippen molar-refractivity contribution in [2.75, 3.05) is 23.3 Å². The van der Waals surface area contributed by atoms with Crippen molar-refractivity contribution in [2.45, 2.75) is 33.6 Å². The van der Waals surface area contributed by atoms with Gasteiger partial charge in [-0.2, -0.15) is 10.4 Å². The molecule has 1 amide bonds. The van der Waals surface area contributed by atoms with E-state index in [1.807, 2.05) is 37.8 Å². The molecule has 1 atom stereocenters. The number of hydrogen-bond donors (Lipinski definition) is 1. The number of aromatic nitrogens is 3. The third kappa shape index (κ3) is 3.49. The zero-order valence-electron chi connectivity index (χ0n) is 15.3. The van der Waals surface area contributed by atoms with Gasteiger partial charge in [-0.05, 0) is 50.8 Å². The Morgan fingerprint density at radius 2 is 2.15 bits per heavy atom. The number of pyridine rings is 1. The zero-order valence-corrected chi connectivity index (χ0v) is 15.3. The fourth-order valence-electron chi connectivity index (χ4n) is 3.17. The van der Waals surface area contributed by atoms with Crippen LogP contribution in [0, 0.1) is 38.0 Å². The fraction of sp³-hybridized carbons (Fsp3) is 0.421. The molecule has 7 heteroatoms. The summed E-state index contributed by atoms with van der Waals surface area (Å²) < 4.78 is 0. The number of carbonyl (C=O) groups excluding carboxylic acids is 1. The van der Waals surface area contributed by atoms with Crippen molar-refractivity contribution in [3.8, 4) is 6.07 Å². The van der Waals surface area contributed by atoms with Gasteiger partial charge in [-0.15, -0.1) is 5.10 Å². The van der Waals surface area contributed by atoms with E-state index >= 15 is 0 Å². The highest BCUT2D eigenvalue weighted by atomic mass is 16.2. The molecule has 0 bridgehead atoms. The number of piperidine rings is 1. The third-order valence-corrected chi connectivity index (χ3v) is 4.89. The maximum Gasteiger partial charge on any atom is 0.230 e. The Morgan fingerprint density at radius 1 is 1.35 bits per heavy atom. The quantitative estimate of drug-likeness (QED) is 0.914. The summed E-state index contributed by atoms with van der Waals surface area (Å²) in [6.07, 6.45) is 3.33. The summed E-state index contributed by atoms with van der Waals surface area (Å²) >= 11 is 0. The molecule has 1 aliphatic rings. The molecule has 2 aromatic heterocycles. The Morgan fingerprint density at radius 3 is 2.88 bits per heavy atom. The lowest BCUT2D eigenvalue weighted by molar-refractivity contribution is -0.120. The Kier molecular flexibility index (Phi) is 5.12. The molecule has 1 aliphatic heterocycles. The average Bonchev–Trinajstić information content (AvgIpc) is 2.65. The molecular formula is C19H22N6O. The van der Waals surface area contributed by atoms with E-state index < -0.39 is 0 Å². The largest absolute Gasteiger partial charge is 0.353 e. The number of nitrogens with one attached hydrogen (secondary N) is 1. The fourth-order valence-corrected chi connectivity index (χ4v) is 3.17. The molecule has 0 radical (unpaired) electrons. The summed E-state index contributed by atoms with van der Waals surface area (Å²) in [6, 6.07) is 6.00. The predicted octanol–water partition coefficient (Wildman–Crippen LogP) is 2.52. The van der Waals surface area contributed by atoms with Crippen LogP contribution in [0.3, 0.4) is 0 Å². The molecule has 3 heterocycles. The summed E-state index contributed by atoms with van der Waals surface area (Å²) in [4.78, 5) is 18.9. The number of nitriles is 1. The van der Waals surface area contributed by atoms with E-state index in [2.05, 4.69) is 26.6 Å².